The van der Waals surface area contributed by atoms with Crippen molar-refractivity contribution in [3.8, 4) is 0 Å². The van der Waals surface area contributed by atoms with Gasteiger partial charge >= 0.3 is 11.5 Å². The molecular weight excluding hydrogens is 218 g/mol. The summed E-state index contributed by atoms with van der Waals surface area (Å²) in [7, 11) is 11.6. The Morgan fingerprint density at radius 2 is 1.76 bits per heavy atom. The molecule has 17 heavy (non-hydrogen) atoms. The zero-order valence-electron chi connectivity index (χ0n) is 11.4. The van der Waals surface area contributed by atoms with Crippen molar-refractivity contribution in [2.24, 2.45) is 14.1 Å². The van der Waals surface area contributed by atoms with Crippen LogP contribution < -0.4 is 24.8 Å². The Bertz CT molecular complexity index is 520. The molecule has 0 atom stereocenters. The molecule has 0 fully saturated rings. The van der Waals surface area contributed by atoms with E-state index >= 15 is 0 Å². The fourth-order valence-corrected chi connectivity index (χ4v) is 2.65. The van der Waals surface area contributed by atoms with Crippen LogP contribution in [0.1, 0.15) is 0 Å². The number of nitrogens with zero attached hydrogens (tertiary/aromatic N) is 5. The molecule has 0 spiro atoms. The Hall–Kier alpha value is -1.72. The van der Waals surface area contributed by atoms with Gasteiger partial charge < -0.3 is 4.90 Å². The van der Waals surface area contributed by atoms with Crippen LogP contribution in [0.15, 0.2) is 4.79 Å². The molecule has 2 heterocycles. The van der Waals surface area contributed by atoms with E-state index in [2.05, 4.69) is 9.47 Å². The molecule has 0 saturated carbocycles. The second kappa shape index (κ2) is 3.65. The zero-order chi connectivity index (χ0) is 12.9. The lowest BCUT2D eigenvalue weighted by atomic mass is 10.4. The maximum absolute atomic E-state index is 12.3. The Morgan fingerprint density at radius 3 is 2.29 bits per heavy atom. The van der Waals surface area contributed by atoms with E-state index in [0.717, 1.165) is 24.1 Å². The summed E-state index contributed by atoms with van der Waals surface area (Å²) < 4.78 is 3.74. The van der Waals surface area contributed by atoms with Crippen molar-refractivity contribution >= 4 is 17.5 Å². The predicted molar refractivity (Wildman–Crippen MR) is 68.9 cm³/mol. The van der Waals surface area contributed by atoms with Crippen molar-refractivity contribution in [1.29, 1.82) is 0 Å². The van der Waals surface area contributed by atoms with Crippen molar-refractivity contribution in [2.45, 2.75) is 0 Å². The second-order valence-corrected chi connectivity index (χ2v) is 4.83. The molecule has 6 heteroatoms. The first kappa shape index (κ1) is 11.8. The molecule has 6 nitrogen and oxygen atoms in total. The standard InChI is InChI=1S/C11H20N5O/c1-12(2)11-15(5)9-8(10(17)16(11)6)13(3)7-14(9)4/h7H2,1-6H3/q+1. The molecule has 0 amide bonds. The van der Waals surface area contributed by atoms with Gasteiger partial charge in [-0.2, -0.15) is 0 Å². The van der Waals surface area contributed by atoms with Crippen molar-refractivity contribution in [1.82, 2.24) is 4.57 Å². The van der Waals surface area contributed by atoms with E-state index in [9.17, 15) is 4.79 Å². The van der Waals surface area contributed by atoms with Crippen LogP contribution in [-0.2, 0) is 14.1 Å². The Kier molecular flexibility index (Phi) is 2.52. The van der Waals surface area contributed by atoms with Gasteiger partial charge in [-0.1, -0.05) is 0 Å². The van der Waals surface area contributed by atoms with Crippen LogP contribution in [0.4, 0.5) is 17.5 Å². The number of rotatable bonds is 1. The lowest BCUT2D eigenvalue weighted by molar-refractivity contribution is -0.648. The average Bonchev–Trinajstić information content (AvgIpc) is 2.50. The molecule has 0 radical (unpaired) electrons. The fraction of sp³-hybridized carbons (Fsp3) is 0.636. The van der Waals surface area contributed by atoms with Gasteiger partial charge in [0.1, 0.15) is 6.67 Å². The summed E-state index contributed by atoms with van der Waals surface area (Å²) >= 11 is 0. The number of hydrogen-bond acceptors (Lipinski definition) is 4. The number of aromatic nitrogens is 2. The molecule has 1 aromatic heterocycles. The first-order valence-electron chi connectivity index (χ1n) is 5.59. The van der Waals surface area contributed by atoms with Gasteiger partial charge in [-0.05, 0) is 0 Å². The van der Waals surface area contributed by atoms with Gasteiger partial charge in [-0.3, -0.25) is 14.6 Å². The van der Waals surface area contributed by atoms with Gasteiger partial charge in [-0.15, -0.1) is 0 Å². The Balaban J connectivity index is 2.84. The van der Waals surface area contributed by atoms with Crippen LogP contribution >= 0.6 is 0 Å². The Labute approximate surface area is 101 Å². The zero-order valence-corrected chi connectivity index (χ0v) is 11.4. The van der Waals surface area contributed by atoms with Crippen molar-refractivity contribution in [2.75, 3.05) is 49.6 Å². The van der Waals surface area contributed by atoms with Crippen molar-refractivity contribution < 1.29 is 4.57 Å². The maximum Gasteiger partial charge on any atom is 0.324 e. The largest absolute Gasteiger partial charge is 0.338 e. The molecule has 0 aromatic carbocycles. The van der Waals surface area contributed by atoms with E-state index in [1.807, 2.05) is 52.1 Å². The minimum atomic E-state index is 0.0497. The Morgan fingerprint density at radius 1 is 1.18 bits per heavy atom. The third kappa shape index (κ3) is 1.47. The summed E-state index contributed by atoms with van der Waals surface area (Å²) in [5.74, 6) is 1.86. The highest BCUT2D eigenvalue weighted by atomic mass is 16.1. The first-order valence-corrected chi connectivity index (χ1v) is 5.59. The predicted octanol–water partition coefficient (Wildman–Crippen LogP) is -0.881. The fourth-order valence-electron chi connectivity index (χ4n) is 2.65. The molecule has 1 aliphatic heterocycles. The third-order valence-electron chi connectivity index (χ3n) is 3.20. The number of fused-ring (bicyclic) bond motifs is 1. The third-order valence-corrected chi connectivity index (χ3v) is 3.20. The van der Waals surface area contributed by atoms with E-state index in [-0.39, 0.29) is 5.56 Å². The SMILES string of the molecule is CN(C)c1n(C)c(=O)c2c([n+]1C)N(C)CN2C. The highest BCUT2D eigenvalue weighted by Gasteiger charge is 2.34. The molecule has 2 rings (SSSR count). The summed E-state index contributed by atoms with van der Waals surface area (Å²) in [6.07, 6.45) is 0. The van der Waals surface area contributed by atoms with Gasteiger partial charge in [0, 0.05) is 28.2 Å². The second-order valence-electron chi connectivity index (χ2n) is 4.83. The van der Waals surface area contributed by atoms with Crippen LogP contribution in [0.3, 0.4) is 0 Å². The molecule has 0 bridgehead atoms. The summed E-state index contributed by atoms with van der Waals surface area (Å²) in [5, 5.41) is 0. The summed E-state index contributed by atoms with van der Waals surface area (Å²) in [6, 6.07) is 0. The normalized spacial score (nSPS) is 14.2. The van der Waals surface area contributed by atoms with Crippen LogP contribution in [0.2, 0.25) is 0 Å². The highest BCUT2D eigenvalue weighted by molar-refractivity contribution is 5.68. The van der Waals surface area contributed by atoms with Gasteiger partial charge in [0.25, 0.3) is 0 Å². The van der Waals surface area contributed by atoms with E-state index in [1.54, 1.807) is 4.57 Å². The van der Waals surface area contributed by atoms with Gasteiger partial charge in [0.05, 0.1) is 14.1 Å². The molecule has 94 valence electrons. The minimum absolute atomic E-state index is 0.0497. The van der Waals surface area contributed by atoms with Gasteiger partial charge in [-0.25, -0.2) is 9.13 Å². The quantitative estimate of drug-likeness (QED) is 0.595. The summed E-state index contributed by atoms with van der Waals surface area (Å²) in [5.41, 5.74) is 0.816. The molecule has 0 aliphatic carbocycles. The van der Waals surface area contributed by atoms with E-state index in [0.29, 0.717) is 0 Å². The van der Waals surface area contributed by atoms with Crippen LogP contribution in [-0.4, -0.2) is 39.4 Å². The van der Waals surface area contributed by atoms with Crippen molar-refractivity contribution in [3.63, 3.8) is 0 Å². The number of anilines is 3. The lowest BCUT2D eigenvalue weighted by Gasteiger charge is -2.18. The molecule has 1 aromatic rings. The molecule has 0 unspecified atom stereocenters. The molecule has 0 saturated heterocycles. The molecule has 1 aliphatic rings. The monoisotopic (exact) mass is 238 g/mol. The molecular formula is C11H20N5O+. The highest BCUT2D eigenvalue weighted by Crippen LogP contribution is 2.27. The van der Waals surface area contributed by atoms with E-state index < -0.39 is 0 Å². The minimum Gasteiger partial charge on any atom is -0.338 e. The van der Waals surface area contributed by atoms with Gasteiger partial charge in [0.2, 0.25) is 5.82 Å². The van der Waals surface area contributed by atoms with E-state index in [1.165, 1.54) is 0 Å². The van der Waals surface area contributed by atoms with Crippen LogP contribution in [0.5, 0.6) is 0 Å². The molecule has 0 N–H and O–H groups in total. The lowest BCUT2D eigenvalue weighted by Crippen LogP contribution is -2.46. The summed E-state index contributed by atoms with van der Waals surface area (Å²) in [4.78, 5) is 18.4. The summed E-state index contributed by atoms with van der Waals surface area (Å²) in [6.45, 7) is 0.745. The smallest absolute Gasteiger partial charge is 0.324 e. The van der Waals surface area contributed by atoms with Crippen LogP contribution in [0.25, 0.3) is 0 Å². The van der Waals surface area contributed by atoms with E-state index in [4.69, 9.17) is 0 Å². The topological polar surface area (TPSA) is 35.6 Å². The van der Waals surface area contributed by atoms with Crippen molar-refractivity contribution in [3.05, 3.63) is 10.4 Å². The van der Waals surface area contributed by atoms with Crippen LogP contribution in [0, 0.1) is 0 Å². The maximum atomic E-state index is 12.3. The first-order chi connectivity index (χ1) is 7.86. The average molecular weight is 238 g/mol. The number of hydrogen-bond donors (Lipinski definition) is 0. The van der Waals surface area contributed by atoms with Gasteiger partial charge in [0.15, 0.2) is 5.69 Å².